The van der Waals surface area contributed by atoms with Crippen molar-refractivity contribution in [3.63, 3.8) is 0 Å². The Morgan fingerprint density at radius 3 is 2.79 bits per heavy atom. The number of hydrogen-bond donors (Lipinski definition) is 2. The molecule has 0 atom stereocenters. The minimum atomic E-state index is -0.348. The summed E-state index contributed by atoms with van der Waals surface area (Å²) in [6, 6.07) is -0.348. The van der Waals surface area contributed by atoms with E-state index in [0.29, 0.717) is 13.1 Å². The molecule has 0 aliphatic carbocycles. The second-order valence-electron chi connectivity index (χ2n) is 5.32. The molecule has 2 heterocycles. The lowest BCUT2D eigenvalue weighted by molar-refractivity contribution is -0.124. The highest BCUT2D eigenvalue weighted by molar-refractivity contribution is 14.0. The average molecular weight is 449 g/mol. The molecule has 1 fully saturated rings. The van der Waals surface area contributed by atoms with Crippen LogP contribution in [0.2, 0.25) is 0 Å². The van der Waals surface area contributed by atoms with Crippen LogP contribution >= 0.6 is 24.0 Å². The van der Waals surface area contributed by atoms with Gasteiger partial charge in [-0.05, 0) is 6.92 Å². The third-order valence-corrected chi connectivity index (χ3v) is 3.40. The number of aromatic nitrogens is 2. The number of carbonyl (C=O) groups is 2. The third-order valence-electron chi connectivity index (χ3n) is 3.40. The summed E-state index contributed by atoms with van der Waals surface area (Å²) >= 11 is 0. The van der Waals surface area contributed by atoms with E-state index in [1.165, 1.54) is 4.90 Å². The molecule has 1 aromatic heterocycles. The maximum Gasteiger partial charge on any atom is 0.324 e. The molecule has 2 N–H and O–H groups in total. The first kappa shape index (κ1) is 20.2. The molecule has 0 radical (unpaired) electrons. The van der Waals surface area contributed by atoms with Gasteiger partial charge in [-0.3, -0.25) is 19.4 Å². The molecule has 0 spiro atoms. The molecular formula is C14H24IN7O2. The Labute approximate surface area is 158 Å². The maximum absolute atomic E-state index is 11.5. The van der Waals surface area contributed by atoms with Gasteiger partial charge in [0, 0.05) is 38.9 Å². The molecule has 1 aromatic rings. The lowest BCUT2D eigenvalue weighted by atomic mass is 10.3. The Balaban J connectivity index is 0.00000288. The number of nitrogens with zero attached hydrogens (tertiary/aromatic N) is 5. The molecule has 0 bridgehead atoms. The van der Waals surface area contributed by atoms with Gasteiger partial charge in [0.05, 0.1) is 25.8 Å². The van der Waals surface area contributed by atoms with Crippen molar-refractivity contribution in [3.8, 4) is 0 Å². The van der Waals surface area contributed by atoms with Gasteiger partial charge in [0.25, 0.3) is 0 Å². The minimum absolute atomic E-state index is 0. The van der Waals surface area contributed by atoms with Gasteiger partial charge in [-0.25, -0.2) is 4.79 Å². The van der Waals surface area contributed by atoms with E-state index in [1.807, 2.05) is 38.3 Å². The third kappa shape index (κ3) is 5.35. The summed E-state index contributed by atoms with van der Waals surface area (Å²) in [7, 11) is 3.81. The summed E-state index contributed by atoms with van der Waals surface area (Å²) in [5, 5.41) is 9.84. The number of carbonyl (C=O) groups excluding carboxylic acids is 2. The number of halogens is 1. The predicted octanol–water partition coefficient (Wildman–Crippen LogP) is -0.0128. The largest absolute Gasteiger partial charge is 0.357 e. The van der Waals surface area contributed by atoms with Crippen LogP contribution in [0.15, 0.2) is 17.4 Å². The average Bonchev–Trinajstić information content (AvgIpc) is 3.05. The van der Waals surface area contributed by atoms with E-state index in [9.17, 15) is 9.59 Å². The van der Waals surface area contributed by atoms with Crippen molar-refractivity contribution in [1.29, 1.82) is 0 Å². The summed E-state index contributed by atoms with van der Waals surface area (Å²) in [4.78, 5) is 30.6. The standard InChI is InChI=1S/C14H23N7O2.HI/c1-4-15-13(19(2)9-11-7-18-20(3)10-11)16-5-6-21-12(22)8-17-14(21)23;/h7,10H,4-6,8-9H2,1-3H3,(H,15,16)(H,17,23);1H. The molecule has 1 aliphatic rings. The number of urea groups is 1. The first-order valence-corrected chi connectivity index (χ1v) is 7.56. The number of nitrogens with one attached hydrogen (secondary N) is 2. The SMILES string of the molecule is CCNC(=NCCN1C(=O)CNC1=O)N(C)Cc1cnn(C)c1.I. The van der Waals surface area contributed by atoms with E-state index >= 15 is 0 Å². The van der Waals surface area contributed by atoms with E-state index in [4.69, 9.17) is 0 Å². The minimum Gasteiger partial charge on any atom is -0.357 e. The fraction of sp³-hybridized carbons (Fsp3) is 0.571. The fourth-order valence-corrected chi connectivity index (χ4v) is 2.31. The van der Waals surface area contributed by atoms with Gasteiger partial charge in [-0.2, -0.15) is 5.10 Å². The Morgan fingerprint density at radius 1 is 1.50 bits per heavy atom. The molecular weight excluding hydrogens is 425 g/mol. The van der Waals surface area contributed by atoms with Crippen LogP contribution in [0.4, 0.5) is 4.79 Å². The first-order valence-electron chi connectivity index (χ1n) is 7.56. The van der Waals surface area contributed by atoms with Gasteiger partial charge in [-0.1, -0.05) is 0 Å². The summed E-state index contributed by atoms with van der Waals surface area (Å²) in [5.74, 6) is 0.516. The molecule has 3 amide bonds. The summed E-state index contributed by atoms with van der Waals surface area (Å²) in [6.07, 6.45) is 3.76. The molecule has 9 nitrogen and oxygen atoms in total. The maximum atomic E-state index is 11.5. The van der Waals surface area contributed by atoms with E-state index in [-0.39, 0.29) is 49.0 Å². The van der Waals surface area contributed by atoms with Crippen molar-refractivity contribution in [2.45, 2.75) is 13.5 Å². The normalized spacial score (nSPS) is 14.5. The van der Waals surface area contributed by atoms with E-state index in [1.54, 1.807) is 4.68 Å². The number of aliphatic imine (C=N–C) groups is 1. The summed E-state index contributed by atoms with van der Waals surface area (Å²) in [5.41, 5.74) is 1.08. The van der Waals surface area contributed by atoms with E-state index < -0.39 is 0 Å². The Kier molecular flexibility index (Phi) is 7.95. The van der Waals surface area contributed by atoms with Crippen LogP contribution in [-0.2, 0) is 18.4 Å². The molecule has 1 aliphatic heterocycles. The van der Waals surface area contributed by atoms with Gasteiger partial charge in [-0.15, -0.1) is 24.0 Å². The molecule has 0 saturated carbocycles. The van der Waals surface area contributed by atoms with Crippen LogP contribution in [0, 0.1) is 0 Å². The molecule has 10 heteroatoms. The lowest BCUT2D eigenvalue weighted by Crippen LogP contribution is -2.39. The van der Waals surface area contributed by atoms with Gasteiger partial charge in [0.1, 0.15) is 0 Å². The summed E-state index contributed by atoms with van der Waals surface area (Å²) in [6.45, 7) is 4.11. The lowest BCUT2D eigenvalue weighted by Gasteiger charge is -2.21. The van der Waals surface area contributed by atoms with Crippen LogP contribution in [0.3, 0.4) is 0 Å². The zero-order valence-corrected chi connectivity index (χ0v) is 16.5. The Bertz CT molecular complexity index is 586. The smallest absolute Gasteiger partial charge is 0.324 e. The highest BCUT2D eigenvalue weighted by atomic mass is 127. The zero-order valence-electron chi connectivity index (χ0n) is 14.2. The van der Waals surface area contributed by atoms with Gasteiger partial charge in [0.15, 0.2) is 5.96 Å². The van der Waals surface area contributed by atoms with Crippen molar-refractivity contribution < 1.29 is 9.59 Å². The quantitative estimate of drug-likeness (QED) is 0.276. The fourth-order valence-electron chi connectivity index (χ4n) is 2.31. The number of guanidine groups is 1. The second-order valence-corrected chi connectivity index (χ2v) is 5.32. The van der Waals surface area contributed by atoms with Crippen LogP contribution in [0.1, 0.15) is 12.5 Å². The van der Waals surface area contributed by atoms with Gasteiger partial charge >= 0.3 is 6.03 Å². The van der Waals surface area contributed by atoms with Crippen LogP contribution in [0.5, 0.6) is 0 Å². The Hall–Kier alpha value is -1.85. The zero-order chi connectivity index (χ0) is 16.8. The topological polar surface area (TPSA) is 94.9 Å². The number of rotatable bonds is 6. The molecule has 0 aromatic carbocycles. The molecule has 2 rings (SSSR count). The summed E-state index contributed by atoms with van der Waals surface area (Å²) < 4.78 is 1.75. The molecule has 0 unspecified atom stereocenters. The number of amides is 3. The van der Waals surface area contributed by atoms with E-state index in [0.717, 1.165) is 18.1 Å². The molecule has 134 valence electrons. The van der Waals surface area contributed by atoms with Gasteiger partial charge in [0.2, 0.25) is 5.91 Å². The monoisotopic (exact) mass is 449 g/mol. The predicted molar refractivity (Wildman–Crippen MR) is 101 cm³/mol. The highest BCUT2D eigenvalue weighted by Crippen LogP contribution is 2.02. The first-order chi connectivity index (χ1) is 11.0. The van der Waals surface area contributed by atoms with Crippen molar-refractivity contribution >= 4 is 41.9 Å². The second kappa shape index (κ2) is 9.45. The van der Waals surface area contributed by atoms with Crippen molar-refractivity contribution in [2.75, 3.05) is 33.2 Å². The molecule has 1 saturated heterocycles. The van der Waals surface area contributed by atoms with Crippen LogP contribution in [0.25, 0.3) is 0 Å². The number of aryl methyl sites for hydroxylation is 1. The number of hydrogen-bond acceptors (Lipinski definition) is 4. The van der Waals surface area contributed by atoms with Crippen molar-refractivity contribution in [1.82, 2.24) is 30.2 Å². The van der Waals surface area contributed by atoms with E-state index in [2.05, 4.69) is 20.7 Å². The van der Waals surface area contributed by atoms with Crippen LogP contribution < -0.4 is 10.6 Å². The van der Waals surface area contributed by atoms with Crippen LogP contribution in [-0.4, -0.2) is 70.7 Å². The van der Waals surface area contributed by atoms with Crippen molar-refractivity contribution in [2.24, 2.45) is 12.0 Å². The highest BCUT2D eigenvalue weighted by Gasteiger charge is 2.27. The molecule has 24 heavy (non-hydrogen) atoms. The van der Waals surface area contributed by atoms with Crippen molar-refractivity contribution in [3.05, 3.63) is 18.0 Å². The van der Waals surface area contributed by atoms with Gasteiger partial charge < -0.3 is 15.5 Å². The Morgan fingerprint density at radius 2 is 2.25 bits per heavy atom. The number of imide groups is 1.